The molecule has 0 aliphatic heterocycles. The van der Waals surface area contributed by atoms with Crippen LogP contribution in [0.1, 0.15) is 38.7 Å². The molecule has 116 valence electrons. The monoisotopic (exact) mass is 291 g/mol. The van der Waals surface area contributed by atoms with Gasteiger partial charge in [-0.15, -0.1) is 0 Å². The van der Waals surface area contributed by atoms with Crippen molar-refractivity contribution in [3.05, 3.63) is 33.9 Å². The van der Waals surface area contributed by atoms with Crippen molar-refractivity contribution < 1.29 is 4.92 Å². The number of non-ortho nitro benzene ring substituents is 1. The minimum Gasteiger partial charge on any atom is -0.388 e. The molecule has 5 heteroatoms. The normalized spacial score (nSPS) is 14.7. The van der Waals surface area contributed by atoms with E-state index < -0.39 is 0 Å². The average molecular weight is 291 g/mol. The number of hydrogen-bond donors (Lipinski definition) is 1. The summed E-state index contributed by atoms with van der Waals surface area (Å²) in [4.78, 5) is 13.1. The Labute approximate surface area is 126 Å². The molecule has 0 heterocycles. The topological polar surface area (TPSA) is 58.4 Å². The number of benzene rings is 1. The van der Waals surface area contributed by atoms with E-state index in [1.807, 2.05) is 7.05 Å². The highest BCUT2D eigenvalue weighted by Gasteiger charge is 2.29. The van der Waals surface area contributed by atoms with Crippen LogP contribution in [0.5, 0.6) is 0 Å². The van der Waals surface area contributed by atoms with E-state index in [0.29, 0.717) is 12.0 Å². The Kier molecular flexibility index (Phi) is 5.17. The summed E-state index contributed by atoms with van der Waals surface area (Å²) in [6.07, 6.45) is 3.67. The third kappa shape index (κ3) is 4.43. The van der Waals surface area contributed by atoms with E-state index >= 15 is 0 Å². The molecule has 21 heavy (non-hydrogen) atoms. The summed E-state index contributed by atoms with van der Waals surface area (Å²) in [7, 11) is 1.86. The van der Waals surface area contributed by atoms with E-state index in [0.717, 1.165) is 24.3 Å². The van der Waals surface area contributed by atoms with Gasteiger partial charge in [0.05, 0.1) is 4.92 Å². The van der Waals surface area contributed by atoms with Gasteiger partial charge in [0.1, 0.15) is 0 Å². The third-order valence-electron chi connectivity index (χ3n) is 4.00. The SMILES string of the molecule is CNc1ccc([N+](=O)[O-])cc1CN(CCC(C)C)C1CC1. The summed E-state index contributed by atoms with van der Waals surface area (Å²) in [6.45, 7) is 6.32. The number of nitrogens with one attached hydrogen (secondary N) is 1. The minimum absolute atomic E-state index is 0.170. The Balaban J connectivity index is 2.14. The Morgan fingerprint density at radius 3 is 2.67 bits per heavy atom. The second-order valence-electron chi connectivity index (χ2n) is 6.23. The predicted molar refractivity (Wildman–Crippen MR) is 85.5 cm³/mol. The number of hydrogen-bond acceptors (Lipinski definition) is 4. The van der Waals surface area contributed by atoms with Gasteiger partial charge in [-0.05, 0) is 43.4 Å². The number of rotatable bonds is 8. The fraction of sp³-hybridized carbons (Fsp3) is 0.625. The van der Waals surface area contributed by atoms with Crippen molar-refractivity contribution in [3.63, 3.8) is 0 Å². The van der Waals surface area contributed by atoms with Crippen molar-refractivity contribution in [1.82, 2.24) is 4.90 Å². The molecule has 0 radical (unpaired) electrons. The van der Waals surface area contributed by atoms with Crippen LogP contribution in [0.4, 0.5) is 11.4 Å². The summed E-state index contributed by atoms with van der Waals surface area (Å²) < 4.78 is 0. The molecule has 0 aromatic heterocycles. The maximum absolute atomic E-state index is 11.0. The molecule has 1 saturated carbocycles. The molecule has 0 amide bonds. The van der Waals surface area contributed by atoms with Gasteiger partial charge in [0, 0.05) is 37.5 Å². The van der Waals surface area contributed by atoms with Crippen LogP contribution < -0.4 is 5.32 Å². The van der Waals surface area contributed by atoms with Gasteiger partial charge in [-0.1, -0.05) is 13.8 Å². The molecule has 1 aromatic rings. The Morgan fingerprint density at radius 2 is 2.14 bits per heavy atom. The zero-order chi connectivity index (χ0) is 15.4. The van der Waals surface area contributed by atoms with Crippen LogP contribution in [0.25, 0.3) is 0 Å². The second kappa shape index (κ2) is 6.89. The molecule has 1 fully saturated rings. The van der Waals surface area contributed by atoms with Gasteiger partial charge >= 0.3 is 0 Å². The molecular formula is C16H25N3O2. The van der Waals surface area contributed by atoms with Crippen molar-refractivity contribution in [2.45, 2.75) is 45.7 Å². The first kappa shape index (κ1) is 15.8. The Hall–Kier alpha value is -1.62. The van der Waals surface area contributed by atoms with Crippen LogP contribution >= 0.6 is 0 Å². The van der Waals surface area contributed by atoms with Crippen molar-refractivity contribution in [1.29, 1.82) is 0 Å². The maximum atomic E-state index is 11.0. The largest absolute Gasteiger partial charge is 0.388 e. The lowest BCUT2D eigenvalue weighted by atomic mass is 10.1. The van der Waals surface area contributed by atoms with Gasteiger partial charge in [0.15, 0.2) is 0 Å². The summed E-state index contributed by atoms with van der Waals surface area (Å²) in [6, 6.07) is 5.73. The van der Waals surface area contributed by atoms with Crippen LogP contribution in [-0.4, -0.2) is 29.5 Å². The Bertz CT molecular complexity index is 498. The lowest BCUT2D eigenvalue weighted by molar-refractivity contribution is -0.384. The molecule has 0 bridgehead atoms. The number of anilines is 1. The van der Waals surface area contributed by atoms with E-state index in [-0.39, 0.29) is 10.6 Å². The molecule has 1 aliphatic rings. The molecule has 1 N–H and O–H groups in total. The highest BCUT2D eigenvalue weighted by atomic mass is 16.6. The van der Waals surface area contributed by atoms with Crippen LogP contribution in [0.15, 0.2) is 18.2 Å². The molecular weight excluding hydrogens is 266 g/mol. The zero-order valence-electron chi connectivity index (χ0n) is 13.1. The average Bonchev–Trinajstić information content (AvgIpc) is 3.27. The van der Waals surface area contributed by atoms with Gasteiger partial charge in [-0.3, -0.25) is 15.0 Å². The smallest absolute Gasteiger partial charge is 0.269 e. The van der Waals surface area contributed by atoms with Gasteiger partial charge in [0.2, 0.25) is 0 Å². The van der Waals surface area contributed by atoms with Crippen LogP contribution in [0, 0.1) is 16.0 Å². The first-order valence-electron chi connectivity index (χ1n) is 7.70. The van der Waals surface area contributed by atoms with Crippen molar-refractivity contribution in [2.75, 3.05) is 18.9 Å². The first-order valence-corrected chi connectivity index (χ1v) is 7.70. The second-order valence-corrected chi connectivity index (χ2v) is 6.23. The van der Waals surface area contributed by atoms with Crippen molar-refractivity contribution >= 4 is 11.4 Å². The number of nitro groups is 1. The highest BCUT2D eigenvalue weighted by Crippen LogP contribution is 2.31. The molecule has 5 nitrogen and oxygen atoms in total. The van der Waals surface area contributed by atoms with Crippen LogP contribution in [0.3, 0.4) is 0 Å². The molecule has 2 rings (SSSR count). The molecule has 0 spiro atoms. The molecule has 0 unspecified atom stereocenters. The lowest BCUT2D eigenvalue weighted by Gasteiger charge is -2.24. The van der Waals surface area contributed by atoms with E-state index in [2.05, 4.69) is 24.1 Å². The van der Waals surface area contributed by atoms with E-state index in [9.17, 15) is 10.1 Å². The van der Waals surface area contributed by atoms with Gasteiger partial charge in [0.25, 0.3) is 5.69 Å². The summed E-state index contributed by atoms with van der Waals surface area (Å²) in [5.41, 5.74) is 2.17. The fourth-order valence-electron chi connectivity index (χ4n) is 2.54. The minimum atomic E-state index is -0.321. The first-order chi connectivity index (χ1) is 10.0. The van der Waals surface area contributed by atoms with Crippen molar-refractivity contribution in [2.24, 2.45) is 5.92 Å². The fourth-order valence-corrected chi connectivity index (χ4v) is 2.54. The van der Waals surface area contributed by atoms with E-state index in [1.54, 1.807) is 18.2 Å². The molecule has 1 aromatic carbocycles. The Morgan fingerprint density at radius 1 is 1.43 bits per heavy atom. The van der Waals surface area contributed by atoms with Crippen LogP contribution in [-0.2, 0) is 6.54 Å². The predicted octanol–water partition coefficient (Wildman–Crippen LogP) is 3.65. The van der Waals surface area contributed by atoms with E-state index in [1.165, 1.54) is 19.3 Å². The summed E-state index contributed by atoms with van der Waals surface area (Å²) >= 11 is 0. The third-order valence-corrected chi connectivity index (χ3v) is 4.00. The number of nitrogens with zero attached hydrogens (tertiary/aromatic N) is 2. The maximum Gasteiger partial charge on any atom is 0.269 e. The summed E-state index contributed by atoms with van der Waals surface area (Å²) in [5, 5.41) is 14.1. The van der Waals surface area contributed by atoms with Crippen LogP contribution in [0.2, 0.25) is 0 Å². The van der Waals surface area contributed by atoms with Gasteiger partial charge in [-0.2, -0.15) is 0 Å². The molecule has 0 saturated heterocycles. The zero-order valence-corrected chi connectivity index (χ0v) is 13.1. The molecule has 0 atom stereocenters. The standard InChI is InChI=1S/C16H25N3O2/c1-12(2)8-9-18(14-4-5-14)11-13-10-15(19(20)21)6-7-16(13)17-3/h6-7,10,12,14,17H,4-5,8-9,11H2,1-3H3. The summed E-state index contributed by atoms with van der Waals surface area (Å²) in [5.74, 6) is 0.681. The lowest BCUT2D eigenvalue weighted by Crippen LogP contribution is -2.28. The quantitative estimate of drug-likeness (QED) is 0.586. The van der Waals surface area contributed by atoms with Gasteiger partial charge in [-0.25, -0.2) is 0 Å². The van der Waals surface area contributed by atoms with E-state index in [4.69, 9.17) is 0 Å². The van der Waals surface area contributed by atoms with Gasteiger partial charge < -0.3 is 5.32 Å². The number of nitro benzene ring substituents is 1. The van der Waals surface area contributed by atoms with Crippen molar-refractivity contribution in [3.8, 4) is 0 Å². The molecule has 1 aliphatic carbocycles. The highest BCUT2D eigenvalue weighted by molar-refractivity contribution is 5.55.